The highest BCUT2D eigenvalue weighted by atomic mass is 35.5. The number of carbonyl (C=O) groups excluding carboxylic acids is 1. The second kappa shape index (κ2) is 10.8. The van der Waals surface area contributed by atoms with Crippen molar-refractivity contribution in [3.05, 3.63) is 60.0 Å². The zero-order chi connectivity index (χ0) is 21.8. The minimum atomic E-state index is -0.311. The van der Waals surface area contributed by atoms with Gasteiger partial charge >= 0.3 is 0 Å². The second-order valence-corrected chi connectivity index (χ2v) is 9.05. The molecule has 2 aromatic rings. The lowest BCUT2D eigenvalue weighted by Gasteiger charge is -2.26. The van der Waals surface area contributed by atoms with Gasteiger partial charge in [-0.05, 0) is 30.5 Å². The van der Waals surface area contributed by atoms with Crippen molar-refractivity contribution in [1.29, 1.82) is 0 Å². The Morgan fingerprint density at radius 2 is 1.57 bits per heavy atom. The molecular weight excluding hydrogens is 515 g/mol. The first-order valence-corrected chi connectivity index (χ1v) is 11.3. The number of hydrogen-bond acceptors (Lipinski definition) is 3. The molecule has 1 saturated heterocycles. The molecule has 1 amide bonds. The van der Waals surface area contributed by atoms with Gasteiger partial charge in [-0.3, -0.25) is 4.79 Å². The number of nitrogens with zero attached hydrogens (tertiary/aromatic N) is 1. The first-order valence-electron chi connectivity index (χ1n) is 9.06. The molecule has 1 aliphatic rings. The SMILES string of the molecule is O=C(COc1c(Cl)c(Cl)c(Cl)c(Cl)c1Cl)N(Cc1ccc(Cl)cc1)CC1CCCO1. The fourth-order valence-corrected chi connectivity index (χ4v) is 4.39. The highest BCUT2D eigenvalue weighted by molar-refractivity contribution is 6.55. The van der Waals surface area contributed by atoms with E-state index in [1.807, 2.05) is 12.1 Å². The number of hydrogen-bond donors (Lipinski definition) is 0. The van der Waals surface area contributed by atoms with Crippen molar-refractivity contribution in [2.45, 2.75) is 25.5 Å². The van der Waals surface area contributed by atoms with E-state index in [2.05, 4.69) is 0 Å². The summed E-state index contributed by atoms with van der Waals surface area (Å²) in [4.78, 5) is 14.6. The molecule has 0 N–H and O–H groups in total. The molecule has 1 unspecified atom stereocenters. The lowest BCUT2D eigenvalue weighted by Crippen LogP contribution is -2.39. The molecule has 0 saturated carbocycles. The molecule has 2 aromatic carbocycles. The van der Waals surface area contributed by atoms with Crippen LogP contribution in [0.25, 0.3) is 0 Å². The Labute approximate surface area is 204 Å². The predicted molar refractivity (Wildman–Crippen MR) is 123 cm³/mol. The summed E-state index contributed by atoms with van der Waals surface area (Å²) in [6.07, 6.45) is 1.84. The van der Waals surface area contributed by atoms with Gasteiger partial charge in [-0.25, -0.2) is 0 Å². The zero-order valence-electron chi connectivity index (χ0n) is 15.6. The average molecular weight is 532 g/mol. The van der Waals surface area contributed by atoms with Gasteiger partial charge in [0.1, 0.15) is 10.0 Å². The molecule has 30 heavy (non-hydrogen) atoms. The van der Waals surface area contributed by atoms with Gasteiger partial charge in [-0.15, -0.1) is 0 Å². The number of rotatable bonds is 7. The summed E-state index contributed by atoms with van der Waals surface area (Å²) in [5, 5.41) is 0.647. The summed E-state index contributed by atoms with van der Waals surface area (Å²) in [7, 11) is 0. The van der Waals surface area contributed by atoms with E-state index in [0.29, 0.717) is 24.7 Å². The van der Waals surface area contributed by atoms with Crippen LogP contribution >= 0.6 is 69.6 Å². The van der Waals surface area contributed by atoms with Gasteiger partial charge in [0.2, 0.25) is 0 Å². The summed E-state index contributed by atoms with van der Waals surface area (Å²) in [5.74, 6) is -0.260. The van der Waals surface area contributed by atoms with Crippen LogP contribution in [0.4, 0.5) is 0 Å². The topological polar surface area (TPSA) is 38.8 Å². The van der Waals surface area contributed by atoms with Crippen molar-refractivity contribution in [3.63, 3.8) is 0 Å². The molecule has 162 valence electrons. The lowest BCUT2D eigenvalue weighted by atomic mass is 10.2. The quantitative estimate of drug-likeness (QED) is 0.280. The first-order chi connectivity index (χ1) is 14.3. The van der Waals surface area contributed by atoms with E-state index in [-0.39, 0.29) is 49.5 Å². The largest absolute Gasteiger partial charge is 0.481 e. The molecule has 0 bridgehead atoms. The summed E-state index contributed by atoms with van der Waals surface area (Å²) < 4.78 is 11.3. The van der Waals surface area contributed by atoms with E-state index >= 15 is 0 Å². The van der Waals surface area contributed by atoms with Crippen molar-refractivity contribution in [2.24, 2.45) is 0 Å². The van der Waals surface area contributed by atoms with Crippen LogP contribution in [-0.2, 0) is 16.1 Å². The normalized spacial score (nSPS) is 16.0. The molecule has 4 nitrogen and oxygen atoms in total. The fourth-order valence-electron chi connectivity index (χ4n) is 3.04. The highest BCUT2D eigenvalue weighted by Gasteiger charge is 2.25. The standard InChI is InChI=1S/C20H17Cl6NO3/c21-12-5-3-11(4-6-12)8-27(9-13-2-1-7-29-13)14(28)10-30-20-18(25)16(23)15(22)17(24)19(20)26/h3-6,13H,1-2,7-10H2. The predicted octanol–water partition coefficient (Wildman–Crippen LogP) is 7.19. The van der Waals surface area contributed by atoms with E-state index < -0.39 is 0 Å². The molecule has 1 aliphatic heterocycles. The maximum atomic E-state index is 13.0. The number of carbonyl (C=O) groups is 1. The third-order valence-corrected chi connectivity index (χ3v) is 7.09. The van der Waals surface area contributed by atoms with E-state index in [1.165, 1.54) is 0 Å². The molecule has 0 aromatic heterocycles. The van der Waals surface area contributed by atoms with Crippen LogP contribution in [0.15, 0.2) is 24.3 Å². The van der Waals surface area contributed by atoms with Crippen molar-refractivity contribution < 1.29 is 14.3 Å². The Balaban J connectivity index is 1.75. The van der Waals surface area contributed by atoms with Crippen LogP contribution in [0.1, 0.15) is 18.4 Å². The molecule has 0 radical (unpaired) electrons. The first kappa shape index (κ1) is 24.1. The van der Waals surface area contributed by atoms with Crippen LogP contribution in [0.2, 0.25) is 30.1 Å². The summed E-state index contributed by atoms with van der Waals surface area (Å²) >= 11 is 36.4. The fraction of sp³-hybridized carbons (Fsp3) is 0.350. The molecule has 1 heterocycles. The van der Waals surface area contributed by atoms with Crippen LogP contribution in [0.5, 0.6) is 5.75 Å². The van der Waals surface area contributed by atoms with Gasteiger partial charge in [-0.1, -0.05) is 81.7 Å². The van der Waals surface area contributed by atoms with Gasteiger partial charge in [0.15, 0.2) is 12.4 Å². The molecule has 3 rings (SSSR count). The molecule has 0 aliphatic carbocycles. The number of halogens is 6. The summed E-state index contributed by atoms with van der Waals surface area (Å²) in [6.45, 7) is 1.20. The second-order valence-electron chi connectivity index (χ2n) is 6.72. The van der Waals surface area contributed by atoms with Crippen LogP contribution in [-0.4, -0.2) is 36.7 Å². The van der Waals surface area contributed by atoms with Crippen LogP contribution < -0.4 is 4.74 Å². The minimum Gasteiger partial charge on any atom is -0.481 e. The molecular formula is C20H17Cl6NO3. The van der Waals surface area contributed by atoms with E-state index in [0.717, 1.165) is 18.4 Å². The van der Waals surface area contributed by atoms with Crippen molar-refractivity contribution in [2.75, 3.05) is 19.8 Å². The Bertz CT molecular complexity index is 887. The number of benzene rings is 2. The van der Waals surface area contributed by atoms with Crippen LogP contribution in [0, 0.1) is 0 Å². The summed E-state index contributed by atoms with van der Waals surface area (Å²) in [6, 6.07) is 7.29. The maximum absolute atomic E-state index is 13.0. The van der Waals surface area contributed by atoms with Crippen molar-refractivity contribution in [3.8, 4) is 5.75 Å². The average Bonchev–Trinajstić information content (AvgIpc) is 3.25. The third kappa shape index (κ3) is 5.80. The van der Waals surface area contributed by atoms with Crippen molar-refractivity contribution >= 4 is 75.5 Å². The lowest BCUT2D eigenvalue weighted by molar-refractivity contribution is -0.135. The van der Waals surface area contributed by atoms with Gasteiger partial charge in [0, 0.05) is 24.7 Å². The maximum Gasteiger partial charge on any atom is 0.260 e. The molecule has 10 heteroatoms. The van der Waals surface area contributed by atoms with E-state index in [4.69, 9.17) is 79.1 Å². The molecule has 1 atom stereocenters. The number of ether oxygens (including phenoxy) is 2. The highest BCUT2D eigenvalue weighted by Crippen LogP contribution is 2.48. The Kier molecular flexibility index (Phi) is 8.68. The molecule has 0 spiro atoms. The van der Waals surface area contributed by atoms with E-state index in [1.54, 1.807) is 17.0 Å². The Morgan fingerprint density at radius 3 is 2.13 bits per heavy atom. The van der Waals surface area contributed by atoms with Crippen molar-refractivity contribution in [1.82, 2.24) is 4.90 Å². The van der Waals surface area contributed by atoms with Gasteiger partial charge < -0.3 is 14.4 Å². The van der Waals surface area contributed by atoms with Gasteiger partial charge in [0.05, 0.1) is 21.2 Å². The minimum absolute atomic E-state index is 0.00700. The zero-order valence-corrected chi connectivity index (χ0v) is 20.1. The number of amides is 1. The molecule has 1 fully saturated rings. The Hall–Kier alpha value is -0.590. The van der Waals surface area contributed by atoms with Crippen LogP contribution in [0.3, 0.4) is 0 Å². The third-order valence-electron chi connectivity index (χ3n) is 4.60. The smallest absolute Gasteiger partial charge is 0.260 e. The Morgan fingerprint density at radius 1 is 0.967 bits per heavy atom. The van der Waals surface area contributed by atoms with Gasteiger partial charge in [-0.2, -0.15) is 0 Å². The summed E-state index contributed by atoms with van der Waals surface area (Å²) in [5.41, 5.74) is 0.930. The van der Waals surface area contributed by atoms with E-state index in [9.17, 15) is 4.79 Å². The van der Waals surface area contributed by atoms with Gasteiger partial charge in [0.25, 0.3) is 5.91 Å². The monoisotopic (exact) mass is 529 g/mol.